The first-order valence-corrected chi connectivity index (χ1v) is 5.16. The molecule has 0 spiro atoms. The normalized spacial score (nSPS) is 11.4. The third-order valence-corrected chi connectivity index (χ3v) is 2.44. The Morgan fingerprint density at radius 3 is 2.57 bits per heavy atom. The number of hydrogen-bond donors (Lipinski definition) is 1. The number of hydrogen-bond acceptors (Lipinski definition) is 3. The van der Waals surface area contributed by atoms with Crippen molar-refractivity contribution in [2.45, 2.75) is 46.1 Å². The molecule has 0 fully saturated rings. The summed E-state index contributed by atoms with van der Waals surface area (Å²) < 4.78 is 0. The zero-order valence-electron chi connectivity index (χ0n) is 9.46. The van der Waals surface area contributed by atoms with Gasteiger partial charge in [0.1, 0.15) is 12.1 Å². The molecule has 0 aliphatic carbocycles. The van der Waals surface area contributed by atoms with Crippen LogP contribution in [0, 0.1) is 0 Å². The van der Waals surface area contributed by atoms with E-state index >= 15 is 0 Å². The predicted octanol–water partition coefficient (Wildman–Crippen LogP) is 2.64. The van der Waals surface area contributed by atoms with Gasteiger partial charge < -0.3 is 5.32 Å². The average molecular weight is 193 g/mol. The molecular formula is C11H19N3. The van der Waals surface area contributed by atoms with Crippen LogP contribution in [0.4, 0.5) is 5.82 Å². The number of aryl methyl sites for hydroxylation is 1. The molecule has 0 bridgehead atoms. The highest BCUT2D eigenvalue weighted by Gasteiger charge is 2.14. The fourth-order valence-corrected chi connectivity index (χ4v) is 1.09. The highest BCUT2D eigenvalue weighted by molar-refractivity contribution is 5.37. The lowest BCUT2D eigenvalue weighted by atomic mass is 10.0. The second-order valence-corrected chi connectivity index (χ2v) is 4.11. The van der Waals surface area contributed by atoms with Gasteiger partial charge in [-0.3, -0.25) is 0 Å². The lowest BCUT2D eigenvalue weighted by Crippen LogP contribution is -2.30. The summed E-state index contributed by atoms with van der Waals surface area (Å²) in [5, 5.41) is 3.39. The van der Waals surface area contributed by atoms with Crippen LogP contribution in [0.5, 0.6) is 0 Å². The molecule has 14 heavy (non-hydrogen) atoms. The fourth-order valence-electron chi connectivity index (χ4n) is 1.09. The summed E-state index contributed by atoms with van der Waals surface area (Å²) in [4.78, 5) is 8.36. The molecule has 78 valence electrons. The van der Waals surface area contributed by atoms with Crippen LogP contribution in [0.1, 0.15) is 39.8 Å². The Morgan fingerprint density at radius 1 is 1.29 bits per heavy atom. The molecule has 0 saturated heterocycles. The minimum atomic E-state index is 0.0966. The van der Waals surface area contributed by atoms with Gasteiger partial charge in [0.05, 0.1) is 0 Å². The lowest BCUT2D eigenvalue weighted by Gasteiger charge is -2.25. The third kappa shape index (κ3) is 2.98. The molecule has 3 heteroatoms. The molecule has 0 amide bonds. The Bertz CT molecular complexity index is 294. The van der Waals surface area contributed by atoms with Crippen molar-refractivity contribution in [2.75, 3.05) is 5.32 Å². The lowest BCUT2D eigenvalue weighted by molar-refractivity contribution is 0.544. The Hall–Kier alpha value is -1.12. The topological polar surface area (TPSA) is 37.8 Å². The molecular weight excluding hydrogens is 174 g/mol. The molecule has 1 heterocycles. The monoisotopic (exact) mass is 193 g/mol. The summed E-state index contributed by atoms with van der Waals surface area (Å²) in [6, 6.07) is 2.01. The van der Waals surface area contributed by atoms with Crippen LogP contribution >= 0.6 is 0 Å². The standard InChI is InChI=1S/C11H19N3/c1-5-9-7-10(13-8-12-9)14-11(3,4)6-2/h7-8H,5-6H2,1-4H3,(H,12,13,14). The smallest absolute Gasteiger partial charge is 0.130 e. The molecule has 3 nitrogen and oxygen atoms in total. The molecule has 0 aliphatic heterocycles. The van der Waals surface area contributed by atoms with Crippen LogP contribution in [0.25, 0.3) is 0 Å². The van der Waals surface area contributed by atoms with Gasteiger partial charge in [0.15, 0.2) is 0 Å². The number of nitrogens with zero attached hydrogens (tertiary/aromatic N) is 2. The zero-order chi connectivity index (χ0) is 10.6. The summed E-state index contributed by atoms with van der Waals surface area (Å²) in [7, 11) is 0. The maximum atomic E-state index is 4.20. The van der Waals surface area contributed by atoms with Crippen molar-refractivity contribution in [3.05, 3.63) is 18.1 Å². The van der Waals surface area contributed by atoms with E-state index < -0.39 is 0 Å². The van der Waals surface area contributed by atoms with Crippen molar-refractivity contribution >= 4 is 5.82 Å². The molecule has 0 saturated carbocycles. The zero-order valence-corrected chi connectivity index (χ0v) is 9.46. The van der Waals surface area contributed by atoms with Crippen LogP contribution in [-0.2, 0) is 6.42 Å². The molecule has 1 aromatic rings. The van der Waals surface area contributed by atoms with Gasteiger partial charge in [-0.15, -0.1) is 0 Å². The number of anilines is 1. The average Bonchev–Trinajstić information content (AvgIpc) is 2.17. The van der Waals surface area contributed by atoms with Crippen LogP contribution < -0.4 is 5.32 Å². The van der Waals surface area contributed by atoms with Crippen molar-refractivity contribution in [3.8, 4) is 0 Å². The van der Waals surface area contributed by atoms with E-state index in [-0.39, 0.29) is 5.54 Å². The Kier molecular flexibility index (Phi) is 3.44. The minimum absolute atomic E-state index is 0.0966. The highest BCUT2D eigenvalue weighted by atomic mass is 15.1. The first-order chi connectivity index (χ1) is 6.57. The van der Waals surface area contributed by atoms with Gasteiger partial charge in [-0.25, -0.2) is 9.97 Å². The van der Waals surface area contributed by atoms with Gasteiger partial charge >= 0.3 is 0 Å². The number of rotatable bonds is 4. The van der Waals surface area contributed by atoms with Gasteiger partial charge in [-0.05, 0) is 26.7 Å². The number of nitrogens with one attached hydrogen (secondary N) is 1. The quantitative estimate of drug-likeness (QED) is 0.798. The van der Waals surface area contributed by atoms with Crippen molar-refractivity contribution in [1.82, 2.24) is 9.97 Å². The van der Waals surface area contributed by atoms with E-state index in [1.54, 1.807) is 6.33 Å². The summed E-state index contributed by atoms with van der Waals surface area (Å²) in [5.74, 6) is 0.920. The van der Waals surface area contributed by atoms with E-state index in [0.29, 0.717) is 0 Å². The van der Waals surface area contributed by atoms with Crippen molar-refractivity contribution < 1.29 is 0 Å². The Balaban J connectivity index is 2.76. The van der Waals surface area contributed by atoms with Gasteiger partial charge in [0.25, 0.3) is 0 Å². The molecule has 1 N–H and O–H groups in total. The Labute approximate surface area is 86.0 Å². The molecule has 1 rings (SSSR count). The molecule has 0 radical (unpaired) electrons. The fraction of sp³-hybridized carbons (Fsp3) is 0.636. The van der Waals surface area contributed by atoms with E-state index in [2.05, 4.69) is 43.0 Å². The van der Waals surface area contributed by atoms with Gasteiger partial charge in [-0.1, -0.05) is 13.8 Å². The molecule has 1 aromatic heterocycles. The highest BCUT2D eigenvalue weighted by Crippen LogP contribution is 2.15. The van der Waals surface area contributed by atoms with Crippen LogP contribution in [0.3, 0.4) is 0 Å². The largest absolute Gasteiger partial charge is 0.365 e. The van der Waals surface area contributed by atoms with Gasteiger partial charge in [0.2, 0.25) is 0 Å². The van der Waals surface area contributed by atoms with E-state index in [9.17, 15) is 0 Å². The van der Waals surface area contributed by atoms with Gasteiger partial charge in [-0.2, -0.15) is 0 Å². The molecule has 0 unspecified atom stereocenters. The van der Waals surface area contributed by atoms with Crippen molar-refractivity contribution in [2.24, 2.45) is 0 Å². The summed E-state index contributed by atoms with van der Waals surface area (Å²) >= 11 is 0. The summed E-state index contributed by atoms with van der Waals surface area (Å²) in [6.07, 6.45) is 3.63. The maximum Gasteiger partial charge on any atom is 0.130 e. The van der Waals surface area contributed by atoms with E-state index in [1.807, 2.05) is 6.07 Å². The predicted molar refractivity (Wildman–Crippen MR) is 59.4 cm³/mol. The first-order valence-electron chi connectivity index (χ1n) is 5.16. The van der Waals surface area contributed by atoms with Crippen LogP contribution in [-0.4, -0.2) is 15.5 Å². The third-order valence-electron chi connectivity index (χ3n) is 2.44. The second-order valence-electron chi connectivity index (χ2n) is 4.11. The number of aromatic nitrogens is 2. The van der Waals surface area contributed by atoms with Crippen LogP contribution in [0.15, 0.2) is 12.4 Å². The van der Waals surface area contributed by atoms with Crippen LogP contribution in [0.2, 0.25) is 0 Å². The van der Waals surface area contributed by atoms with E-state index in [4.69, 9.17) is 0 Å². The van der Waals surface area contributed by atoms with Gasteiger partial charge in [0, 0.05) is 17.3 Å². The van der Waals surface area contributed by atoms with Crippen molar-refractivity contribution in [3.63, 3.8) is 0 Å². The molecule has 0 atom stereocenters. The molecule has 0 aliphatic rings. The maximum absolute atomic E-state index is 4.20. The van der Waals surface area contributed by atoms with E-state index in [0.717, 1.165) is 24.4 Å². The minimum Gasteiger partial charge on any atom is -0.365 e. The van der Waals surface area contributed by atoms with Crippen molar-refractivity contribution in [1.29, 1.82) is 0 Å². The second kappa shape index (κ2) is 4.40. The summed E-state index contributed by atoms with van der Waals surface area (Å²) in [6.45, 7) is 8.59. The SMILES string of the molecule is CCc1cc(NC(C)(C)CC)ncn1. The Morgan fingerprint density at radius 2 is 2.00 bits per heavy atom. The molecule has 0 aromatic carbocycles. The first kappa shape index (κ1) is 11.0. The summed E-state index contributed by atoms with van der Waals surface area (Å²) in [5.41, 5.74) is 1.17. The van der Waals surface area contributed by atoms with E-state index in [1.165, 1.54) is 0 Å².